The Balaban J connectivity index is 1.75. The summed E-state index contributed by atoms with van der Waals surface area (Å²) in [5.41, 5.74) is 3.05. The number of nitrogens with one attached hydrogen (secondary N) is 1. The van der Waals surface area contributed by atoms with E-state index in [-0.39, 0.29) is 0 Å². The molecule has 1 aromatic carbocycles. The van der Waals surface area contributed by atoms with Crippen LogP contribution in [0.4, 0.5) is 0 Å². The smallest absolute Gasteiger partial charge is 0.0208 e. The van der Waals surface area contributed by atoms with Gasteiger partial charge in [0.1, 0.15) is 0 Å². The van der Waals surface area contributed by atoms with Gasteiger partial charge in [0.25, 0.3) is 0 Å². The first-order chi connectivity index (χ1) is 8.95. The van der Waals surface area contributed by atoms with Gasteiger partial charge < -0.3 is 5.32 Å². The van der Waals surface area contributed by atoms with Crippen LogP contribution < -0.4 is 5.32 Å². The summed E-state index contributed by atoms with van der Waals surface area (Å²) >= 11 is 0. The van der Waals surface area contributed by atoms with Gasteiger partial charge in [0.15, 0.2) is 0 Å². The van der Waals surface area contributed by atoms with E-state index in [1.165, 1.54) is 37.1 Å². The van der Waals surface area contributed by atoms with Gasteiger partial charge in [0.05, 0.1) is 0 Å². The van der Waals surface area contributed by atoms with Crippen LogP contribution in [0.1, 0.15) is 44.7 Å². The largest absolute Gasteiger partial charge is 0.310 e. The molecule has 1 heterocycles. The highest BCUT2D eigenvalue weighted by Crippen LogP contribution is 2.20. The summed E-state index contributed by atoms with van der Waals surface area (Å²) < 4.78 is 0. The van der Waals surface area contributed by atoms with Crippen molar-refractivity contribution in [1.82, 2.24) is 10.2 Å². The van der Waals surface area contributed by atoms with Crippen LogP contribution in [0.25, 0.3) is 0 Å². The summed E-state index contributed by atoms with van der Waals surface area (Å²) in [6.45, 7) is 12.5. The second kappa shape index (κ2) is 6.06. The lowest BCUT2D eigenvalue weighted by atomic mass is 9.98. The molecular formula is C17H28N2. The van der Waals surface area contributed by atoms with Crippen molar-refractivity contribution < 1.29 is 0 Å². The SMILES string of the molecule is Cc1ccc(CNC2CCN(C(C)(C)C)CC2)cc1. The van der Waals surface area contributed by atoms with Crippen LogP contribution in [0.3, 0.4) is 0 Å². The van der Waals surface area contributed by atoms with E-state index in [9.17, 15) is 0 Å². The third-order valence-corrected chi connectivity index (χ3v) is 4.16. The highest BCUT2D eigenvalue weighted by Gasteiger charge is 2.26. The van der Waals surface area contributed by atoms with Crippen molar-refractivity contribution in [2.75, 3.05) is 13.1 Å². The number of benzene rings is 1. The molecule has 19 heavy (non-hydrogen) atoms. The molecular weight excluding hydrogens is 232 g/mol. The standard InChI is InChI=1S/C17H28N2/c1-14-5-7-15(8-6-14)13-18-16-9-11-19(12-10-16)17(2,3)4/h5-8,16,18H,9-13H2,1-4H3. The van der Waals surface area contributed by atoms with Gasteiger partial charge in [-0.1, -0.05) is 29.8 Å². The highest BCUT2D eigenvalue weighted by atomic mass is 15.2. The predicted molar refractivity (Wildman–Crippen MR) is 82.4 cm³/mol. The molecule has 0 aliphatic carbocycles. The van der Waals surface area contributed by atoms with Crippen LogP contribution in [-0.2, 0) is 6.54 Å². The number of hydrogen-bond donors (Lipinski definition) is 1. The van der Waals surface area contributed by atoms with Gasteiger partial charge in [0, 0.05) is 31.2 Å². The summed E-state index contributed by atoms with van der Waals surface area (Å²) in [6.07, 6.45) is 2.53. The molecule has 1 aromatic rings. The predicted octanol–water partition coefficient (Wildman–Crippen LogP) is 3.35. The maximum absolute atomic E-state index is 3.70. The molecule has 0 bridgehead atoms. The molecule has 1 fully saturated rings. The molecule has 0 amide bonds. The quantitative estimate of drug-likeness (QED) is 0.896. The fraction of sp³-hybridized carbons (Fsp3) is 0.647. The molecule has 2 nitrogen and oxygen atoms in total. The fourth-order valence-corrected chi connectivity index (χ4v) is 2.72. The Morgan fingerprint density at radius 2 is 1.68 bits per heavy atom. The third kappa shape index (κ3) is 4.32. The van der Waals surface area contributed by atoms with E-state index in [0.717, 1.165) is 6.54 Å². The van der Waals surface area contributed by atoms with Crippen molar-refractivity contribution in [2.45, 2.75) is 58.7 Å². The molecule has 2 rings (SSSR count). The highest BCUT2D eigenvalue weighted by molar-refractivity contribution is 5.21. The lowest BCUT2D eigenvalue weighted by molar-refractivity contribution is 0.0960. The Hall–Kier alpha value is -0.860. The first kappa shape index (κ1) is 14.5. The Kier molecular flexibility index (Phi) is 4.64. The zero-order chi connectivity index (χ0) is 13.9. The van der Waals surface area contributed by atoms with E-state index in [0.29, 0.717) is 11.6 Å². The van der Waals surface area contributed by atoms with Gasteiger partial charge in [-0.25, -0.2) is 0 Å². The lowest BCUT2D eigenvalue weighted by Crippen LogP contribution is -2.49. The monoisotopic (exact) mass is 260 g/mol. The van der Waals surface area contributed by atoms with Gasteiger partial charge in [-0.3, -0.25) is 4.90 Å². The molecule has 106 valence electrons. The van der Waals surface area contributed by atoms with Crippen LogP contribution in [0.2, 0.25) is 0 Å². The number of aryl methyl sites for hydroxylation is 1. The van der Waals surface area contributed by atoms with Crippen molar-refractivity contribution in [3.05, 3.63) is 35.4 Å². The van der Waals surface area contributed by atoms with Crippen molar-refractivity contribution in [3.8, 4) is 0 Å². The third-order valence-electron chi connectivity index (χ3n) is 4.16. The Bertz CT molecular complexity index is 381. The first-order valence-electron chi connectivity index (χ1n) is 7.49. The Labute approximate surface area is 118 Å². The normalized spacial score (nSPS) is 18.7. The number of nitrogens with zero attached hydrogens (tertiary/aromatic N) is 1. The molecule has 0 atom stereocenters. The van der Waals surface area contributed by atoms with Crippen LogP contribution in [-0.4, -0.2) is 29.6 Å². The molecule has 2 heteroatoms. The van der Waals surface area contributed by atoms with Crippen LogP contribution in [0, 0.1) is 6.92 Å². The van der Waals surface area contributed by atoms with E-state index >= 15 is 0 Å². The minimum atomic E-state index is 0.321. The summed E-state index contributed by atoms with van der Waals surface area (Å²) in [5.74, 6) is 0. The minimum absolute atomic E-state index is 0.321. The van der Waals surface area contributed by atoms with E-state index in [1.807, 2.05) is 0 Å². The van der Waals surface area contributed by atoms with Gasteiger partial charge in [0.2, 0.25) is 0 Å². The fourth-order valence-electron chi connectivity index (χ4n) is 2.72. The summed E-state index contributed by atoms with van der Waals surface area (Å²) in [4.78, 5) is 2.59. The van der Waals surface area contributed by atoms with E-state index < -0.39 is 0 Å². The molecule has 0 spiro atoms. The first-order valence-corrected chi connectivity index (χ1v) is 7.49. The van der Waals surface area contributed by atoms with Gasteiger partial charge in [-0.15, -0.1) is 0 Å². The van der Waals surface area contributed by atoms with E-state index in [4.69, 9.17) is 0 Å². The van der Waals surface area contributed by atoms with Crippen molar-refractivity contribution >= 4 is 0 Å². The zero-order valence-corrected chi connectivity index (χ0v) is 12.9. The minimum Gasteiger partial charge on any atom is -0.310 e. The van der Waals surface area contributed by atoms with Gasteiger partial charge in [-0.05, 0) is 46.1 Å². The Morgan fingerprint density at radius 1 is 1.11 bits per heavy atom. The topological polar surface area (TPSA) is 15.3 Å². The molecule has 1 aliphatic heterocycles. The summed E-state index contributed by atoms with van der Waals surface area (Å²) in [6, 6.07) is 9.53. The maximum atomic E-state index is 3.70. The Morgan fingerprint density at radius 3 is 2.21 bits per heavy atom. The van der Waals surface area contributed by atoms with Crippen LogP contribution in [0.5, 0.6) is 0 Å². The molecule has 1 aliphatic rings. The van der Waals surface area contributed by atoms with E-state index in [1.54, 1.807) is 0 Å². The number of likely N-dealkylation sites (tertiary alicyclic amines) is 1. The van der Waals surface area contributed by atoms with Crippen molar-refractivity contribution in [1.29, 1.82) is 0 Å². The van der Waals surface area contributed by atoms with Crippen LogP contribution in [0.15, 0.2) is 24.3 Å². The van der Waals surface area contributed by atoms with Crippen LogP contribution >= 0.6 is 0 Å². The lowest BCUT2D eigenvalue weighted by Gasteiger charge is -2.41. The number of piperidine rings is 1. The number of hydrogen-bond acceptors (Lipinski definition) is 2. The second-order valence-electron chi connectivity index (χ2n) is 6.80. The average Bonchev–Trinajstić information content (AvgIpc) is 2.37. The molecule has 1 N–H and O–H groups in total. The van der Waals surface area contributed by atoms with Crippen molar-refractivity contribution in [2.24, 2.45) is 0 Å². The van der Waals surface area contributed by atoms with Gasteiger partial charge >= 0.3 is 0 Å². The molecule has 0 unspecified atom stereocenters. The molecule has 0 radical (unpaired) electrons. The molecule has 0 saturated carbocycles. The molecule has 1 saturated heterocycles. The van der Waals surface area contributed by atoms with Crippen molar-refractivity contribution in [3.63, 3.8) is 0 Å². The second-order valence-corrected chi connectivity index (χ2v) is 6.80. The summed E-state index contributed by atoms with van der Waals surface area (Å²) in [5, 5.41) is 3.70. The summed E-state index contributed by atoms with van der Waals surface area (Å²) in [7, 11) is 0. The van der Waals surface area contributed by atoms with Gasteiger partial charge in [-0.2, -0.15) is 0 Å². The molecule has 0 aromatic heterocycles. The maximum Gasteiger partial charge on any atom is 0.0208 e. The van der Waals surface area contributed by atoms with E-state index in [2.05, 4.69) is 62.2 Å². The zero-order valence-electron chi connectivity index (χ0n) is 12.9. The average molecular weight is 260 g/mol. The number of rotatable bonds is 3.